The first-order valence-corrected chi connectivity index (χ1v) is 6.85. The second kappa shape index (κ2) is 7.25. The van der Waals surface area contributed by atoms with E-state index in [1.54, 1.807) is 6.20 Å². The van der Waals surface area contributed by atoms with Crippen LogP contribution in [0.4, 0.5) is 0 Å². The van der Waals surface area contributed by atoms with Crippen LogP contribution in [0, 0.1) is 0 Å². The van der Waals surface area contributed by atoms with Crippen molar-refractivity contribution in [1.82, 2.24) is 10.3 Å². The topological polar surface area (TPSA) is 34.1 Å². The molecule has 0 unspecified atom stereocenters. The number of ether oxygens (including phenoxy) is 1. The minimum absolute atomic E-state index is 0.526. The van der Waals surface area contributed by atoms with Crippen LogP contribution in [0.25, 0.3) is 0 Å². The molecule has 1 N–H and O–H groups in total. The number of rotatable bonds is 6. The second-order valence-electron chi connectivity index (χ2n) is 3.75. The zero-order chi connectivity index (χ0) is 12.0. The number of pyridine rings is 1. The number of nitrogens with zero attached hydrogens (tertiary/aromatic N) is 1. The molecule has 0 fully saturated rings. The predicted molar refractivity (Wildman–Crippen MR) is 72.9 cm³/mol. The molecule has 0 aliphatic carbocycles. The smallest absolute Gasteiger partial charge is 0.228 e. The van der Waals surface area contributed by atoms with Crippen molar-refractivity contribution in [2.75, 3.05) is 13.2 Å². The molecule has 1 rings (SSSR count). The van der Waals surface area contributed by atoms with Gasteiger partial charge in [0.1, 0.15) is 0 Å². The van der Waals surface area contributed by atoms with Gasteiger partial charge in [-0.1, -0.05) is 13.8 Å². The summed E-state index contributed by atoms with van der Waals surface area (Å²) < 4.78 is 7.37. The fraction of sp³-hybridized carbons (Fsp3) is 0.545. The van der Waals surface area contributed by atoms with Gasteiger partial charge in [-0.05, 0) is 50.9 Å². The summed E-state index contributed by atoms with van der Waals surface area (Å²) in [7, 11) is 0. The van der Waals surface area contributed by atoms with Crippen molar-refractivity contribution in [3.8, 4) is 5.88 Å². The lowest BCUT2D eigenvalue weighted by molar-refractivity contribution is 0.293. The molecule has 1 heterocycles. The first kappa shape index (κ1) is 13.9. The quantitative estimate of drug-likeness (QED) is 0.798. The van der Waals surface area contributed by atoms with Crippen LogP contribution in [-0.2, 0) is 0 Å². The summed E-state index contributed by atoms with van der Waals surface area (Å²) in [5.74, 6) is 0.646. The fourth-order valence-corrected chi connectivity index (χ4v) is 2.24. The van der Waals surface area contributed by atoms with Gasteiger partial charge in [-0.15, -0.1) is 0 Å². The van der Waals surface area contributed by atoms with E-state index in [4.69, 9.17) is 4.74 Å². The third-order valence-electron chi connectivity index (χ3n) is 1.89. The number of nitrogens with one attached hydrogen (secondary N) is 1. The minimum Gasteiger partial charge on any atom is -0.477 e. The van der Waals surface area contributed by atoms with Crippen LogP contribution in [-0.4, -0.2) is 24.2 Å². The maximum absolute atomic E-state index is 5.55. The van der Waals surface area contributed by atoms with Gasteiger partial charge in [0.2, 0.25) is 5.88 Å². The van der Waals surface area contributed by atoms with Crippen molar-refractivity contribution in [3.63, 3.8) is 0 Å². The van der Waals surface area contributed by atoms with Gasteiger partial charge in [0.25, 0.3) is 0 Å². The van der Waals surface area contributed by atoms with Crippen LogP contribution in [0.15, 0.2) is 21.2 Å². The van der Waals surface area contributed by atoms with Crippen LogP contribution in [0.1, 0.15) is 20.3 Å². The Morgan fingerprint density at radius 3 is 2.81 bits per heavy atom. The SMILES string of the molecule is CC(C)NCCCOc1ncc(Br)cc1Br. The molecular formula is C11H16Br2N2O. The number of halogens is 2. The van der Waals surface area contributed by atoms with Crippen LogP contribution in [0.5, 0.6) is 5.88 Å². The summed E-state index contributed by atoms with van der Waals surface area (Å²) in [6.45, 7) is 5.90. The molecule has 0 atom stereocenters. The predicted octanol–water partition coefficient (Wildman–Crippen LogP) is 3.37. The summed E-state index contributed by atoms with van der Waals surface area (Å²) in [6.07, 6.45) is 2.70. The molecule has 0 aliphatic heterocycles. The molecule has 0 aromatic carbocycles. The van der Waals surface area contributed by atoms with E-state index in [1.807, 2.05) is 6.07 Å². The van der Waals surface area contributed by atoms with Crippen LogP contribution in [0.2, 0.25) is 0 Å². The van der Waals surface area contributed by atoms with Gasteiger partial charge in [0.05, 0.1) is 11.1 Å². The fourth-order valence-electron chi connectivity index (χ4n) is 1.14. The third kappa shape index (κ3) is 5.27. The molecule has 0 aliphatic rings. The molecule has 16 heavy (non-hydrogen) atoms. The highest BCUT2D eigenvalue weighted by atomic mass is 79.9. The maximum atomic E-state index is 5.55. The van der Waals surface area contributed by atoms with E-state index in [2.05, 4.69) is 56.0 Å². The number of aromatic nitrogens is 1. The lowest BCUT2D eigenvalue weighted by Gasteiger charge is -2.09. The molecule has 0 spiro atoms. The average molecular weight is 352 g/mol. The van der Waals surface area contributed by atoms with Gasteiger partial charge >= 0.3 is 0 Å². The maximum Gasteiger partial charge on any atom is 0.228 e. The lowest BCUT2D eigenvalue weighted by Crippen LogP contribution is -2.24. The third-order valence-corrected chi connectivity index (χ3v) is 2.89. The molecule has 0 radical (unpaired) electrons. The van der Waals surface area contributed by atoms with Gasteiger partial charge in [0, 0.05) is 16.7 Å². The van der Waals surface area contributed by atoms with Crippen molar-refractivity contribution >= 4 is 31.9 Å². The average Bonchev–Trinajstić information content (AvgIpc) is 2.20. The summed E-state index contributed by atoms with van der Waals surface area (Å²) in [4.78, 5) is 4.17. The number of hydrogen-bond donors (Lipinski definition) is 1. The highest BCUT2D eigenvalue weighted by Gasteiger charge is 2.02. The van der Waals surface area contributed by atoms with Crippen molar-refractivity contribution in [2.45, 2.75) is 26.3 Å². The van der Waals surface area contributed by atoms with Crippen molar-refractivity contribution < 1.29 is 4.74 Å². The second-order valence-corrected chi connectivity index (χ2v) is 5.52. The van der Waals surface area contributed by atoms with Crippen LogP contribution in [0.3, 0.4) is 0 Å². The Kier molecular flexibility index (Phi) is 6.31. The molecule has 0 saturated carbocycles. The van der Waals surface area contributed by atoms with Crippen LogP contribution < -0.4 is 10.1 Å². The van der Waals surface area contributed by atoms with E-state index in [1.165, 1.54) is 0 Å². The van der Waals surface area contributed by atoms with Gasteiger partial charge in [0.15, 0.2) is 0 Å². The Balaban J connectivity index is 2.27. The van der Waals surface area contributed by atoms with Gasteiger partial charge in [-0.2, -0.15) is 0 Å². The number of hydrogen-bond acceptors (Lipinski definition) is 3. The summed E-state index contributed by atoms with van der Waals surface area (Å²) >= 11 is 6.75. The molecule has 0 bridgehead atoms. The van der Waals surface area contributed by atoms with Crippen molar-refractivity contribution in [2.24, 2.45) is 0 Å². The van der Waals surface area contributed by atoms with Crippen LogP contribution >= 0.6 is 31.9 Å². The summed E-state index contributed by atoms with van der Waals surface area (Å²) in [5.41, 5.74) is 0. The molecular weight excluding hydrogens is 336 g/mol. The zero-order valence-corrected chi connectivity index (χ0v) is 12.6. The first-order chi connectivity index (χ1) is 7.59. The van der Waals surface area contributed by atoms with E-state index < -0.39 is 0 Å². The largest absolute Gasteiger partial charge is 0.477 e. The molecule has 0 amide bonds. The van der Waals surface area contributed by atoms with E-state index in [0.29, 0.717) is 18.5 Å². The van der Waals surface area contributed by atoms with E-state index >= 15 is 0 Å². The first-order valence-electron chi connectivity index (χ1n) is 5.27. The summed E-state index contributed by atoms with van der Waals surface area (Å²) in [5, 5.41) is 3.34. The summed E-state index contributed by atoms with van der Waals surface area (Å²) in [6, 6.07) is 2.45. The van der Waals surface area contributed by atoms with E-state index in [0.717, 1.165) is 21.9 Å². The van der Waals surface area contributed by atoms with Gasteiger partial charge in [-0.3, -0.25) is 0 Å². The normalized spacial score (nSPS) is 10.8. The lowest BCUT2D eigenvalue weighted by atomic mass is 10.3. The molecule has 1 aromatic rings. The highest BCUT2D eigenvalue weighted by molar-refractivity contribution is 9.11. The molecule has 3 nitrogen and oxygen atoms in total. The van der Waals surface area contributed by atoms with Gasteiger partial charge in [-0.25, -0.2) is 4.98 Å². The Labute approximate surface area is 113 Å². The Morgan fingerprint density at radius 1 is 1.44 bits per heavy atom. The van der Waals surface area contributed by atoms with E-state index in [-0.39, 0.29) is 0 Å². The monoisotopic (exact) mass is 350 g/mol. The Morgan fingerprint density at radius 2 is 2.19 bits per heavy atom. The molecule has 5 heteroatoms. The van der Waals surface area contributed by atoms with E-state index in [9.17, 15) is 0 Å². The Hall–Kier alpha value is -0.130. The van der Waals surface area contributed by atoms with Crippen molar-refractivity contribution in [3.05, 3.63) is 21.2 Å². The Bertz CT molecular complexity index is 332. The minimum atomic E-state index is 0.526. The van der Waals surface area contributed by atoms with Crippen molar-refractivity contribution in [1.29, 1.82) is 0 Å². The zero-order valence-electron chi connectivity index (χ0n) is 9.46. The standard InChI is InChI=1S/C11H16Br2N2O/c1-8(2)14-4-3-5-16-11-10(13)6-9(12)7-15-11/h6-8,14H,3-5H2,1-2H3. The molecule has 1 aromatic heterocycles. The molecule has 0 saturated heterocycles. The van der Waals surface area contributed by atoms with Gasteiger partial charge < -0.3 is 10.1 Å². The molecule has 90 valence electrons. The highest BCUT2D eigenvalue weighted by Crippen LogP contribution is 2.25.